The number of carbonyl (C=O) groups excluding carboxylic acids is 1. The predicted octanol–water partition coefficient (Wildman–Crippen LogP) is 4.64. The van der Waals surface area contributed by atoms with E-state index in [-0.39, 0.29) is 28.8 Å². The van der Waals surface area contributed by atoms with Gasteiger partial charge in [0.05, 0.1) is 23.4 Å². The summed E-state index contributed by atoms with van der Waals surface area (Å²) in [5.74, 6) is -1.01. The molecular weight excluding hydrogens is 420 g/mol. The van der Waals surface area contributed by atoms with Gasteiger partial charge in [0.2, 0.25) is 0 Å². The Bertz CT molecular complexity index is 952. The second-order valence-electron chi connectivity index (χ2n) is 5.99. The molecular formula is C18H13ClF4N2O2S. The Labute approximate surface area is 168 Å². The molecule has 1 fully saturated rings. The molecule has 0 radical (unpaired) electrons. The maximum atomic E-state index is 13.3. The van der Waals surface area contributed by atoms with Crippen LogP contribution in [0.5, 0.6) is 5.75 Å². The fraction of sp³-hybridized carbons (Fsp3) is 0.222. The number of ether oxygens (including phenoxy) is 1. The number of benzene rings is 2. The van der Waals surface area contributed by atoms with Crippen molar-refractivity contribution in [1.82, 2.24) is 4.90 Å². The van der Waals surface area contributed by atoms with Crippen LogP contribution in [0.4, 0.5) is 23.2 Å². The van der Waals surface area contributed by atoms with E-state index in [4.69, 9.17) is 28.6 Å². The monoisotopic (exact) mass is 432 g/mol. The number of hydrogen-bond donors (Lipinski definition) is 0. The summed E-state index contributed by atoms with van der Waals surface area (Å²) >= 11 is 11.4. The molecule has 1 heterocycles. The Morgan fingerprint density at radius 3 is 2.54 bits per heavy atom. The molecule has 1 aliphatic rings. The highest BCUT2D eigenvalue weighted by molar-refractivity contribution is 7.80. The van der Waals surface area contributed by atoms with Gasteiger partial charge >= 0.3 is 6.18 Å². The molecule has 0 spiro atoms. The smallest absolute Gasteiger partial charge is 0.416 e. The van der Waals surface area contributed by atoms with E-state index in [0.29, 0.717) is 17.5 Å². The number of thiocarbonyl (C=S) groups is 1. The van der Waals surface area contributed by atoms with Crippen LogP contribution in [0.25, 0.3) is 0 Å². The van der Waals surface area contributed by atoms with Crippen LogP contribution >= 0.6 is 23.8 Å². The second kappa shape index (κ2) is 7.56. The van der Waals surface area contributed by atoms with Gasteiger partial charge in [0.15, 0.2) is 5.11 Å². The topological polar surface area (TPSA) is 32.8 Å². The van der Waals surface area contributed by atoms with E-state index in [1.54, 1.807) is 12.1 Å². The van der Waals surface area contributed by atoms with Crippen LogP contribution < -0.4 is 9.64 Å². The predicted molar refractivity (Wildman–Crippen MR) is 99.9 cm³/mol. The average molecular weight is 433 g/mol. The Morgan fingerprint density at radius 1 is 1.21 bits per heavy atom. The van der Waals surface area contributed by atoms with Crippen LogP contribution in [0.3, 0.4) is 0 Å². The van der Waals surface area contributed by atoms with Gasteiger partial charge in [-0.1, -0.05) is 17.7 Å². The molecule has 0 bridgehead atoms. The van der Waals surface area contributed by atoms with Gasteiger partial charge < -0.3 is 9.64 Å². The standard InChI is InChI=1S/C18H13ClF4N2O2S/c1-27-15-5-4-12(7-14(15)19)25-16(26)9-24(17(25)28)8-10-2-3-11(20)6-13(10)18(21,22)23/h2-7H,8-9H2,1H3. The first-order valence-corrected chi connectivity index (χ1v) is 8.71. The van der Waals surface area contributed by atoms with Crippen molar-refractivity contribution in [3.63, 3.8) is 0 Å². The lowest BCUT2D eigenvalue weighted by Crippen LogP contribution is -2.33. The average Bonchev–Trinajstić information content (AvgIpc) is 2.89. The fourth-order valence-electron chi connectivity index (χ4n) is 2.88. The molecule has 0 unspecified atom stereocenters. The molecule has 4 nitrogen and oxygen atoms in total. The van der Waals surface area contributed by atoms with Crippen molar-refractivity contribution in [2.75, 3.05) is 18.6 Å². The second-order valence-corrected chi connectivity index (χ2v) is 6.76. The van der Waals surface area contributed by atoms with Crippen LogP contribution in [0.1, 0.15) is 11.1 Å². The molecule has 0 N–H and O–H groups in total. The van der Waals surface area contributed by atoms with Crippen molar-refractivity contribution in [2.45, 2.75) is 12.7 Å². The quantitative estimate of drug-likeness (QED) is 0.520. The summed E-state index contributed by atoms with van der Waals surface area (Å²) in [7, 11) is 1.44. The summed E-state index contributed by atoms with van der Waals surface area (Å²) in [5, 5.41) is 0.288. The molecule has 0 aromatic heterocycles. The number of carbonyl (C=O) groups is 1. The number of nitrogens with zero attached hydrogens (tertiary/aromatic N) is 2. The summed E-state index contributed by atoms with van der Waals surface area (Å²) in [6.45, 7) is -0.503. The normalized spacial score (nSPS) is 14.8. The summed E-state index contributed by atoms with van der Waals surface area (Å²) in [6, 6.07) is 7.00. The largest absolute Gasteiger partial charge is 0.495 e. The number of hydrogen-bond acceptors (Lipinski definition) is 3. The number of methoxy groups -OCH3 is 1. The molecule has 0 aliphatic carbocycles. The minimum Gasteiger partial charge on any atom is -0.495 e. The molecule has 2 aromatic rings. The molecule has 3 rings (SSSR count). The van der Waals surface area contributed by atoms with E-state index < -0.39 is 23.5 Å². The van der Waals surface area contributed by atoms with Gasteiger partial charge in [-0.25, -0.2) is 4.39 Å². The third kappa shape index (κ3) is 3.90. The van der Waals surface area contributed by atoms with Crippen molar-refractivity contribution in [1.29, 1.82) is 0 Å². The third-order valence-corrected chi connectivity index (χ3v) is 4.91. The van der Waals surface area contributed by atoms with Gasteiger partial charge in [-0.2, -0.15) is 13.2 Å². The van der Waals surface area contributed by atoms with E-state index in [2.05, 4.69) is 0 Å². The number of rotatable bonds is 4. The Morgan fingerprint density at radius 2 is 1.93 bits per heavy atom. The first kappa shape index (κ1) is 20.3. The molecule has 28 heavy (non-hydrogen) atoms. The highest BCUT2D eigenvalue weighted by Gasteiger charge is 2.38. The van der Waals surface area contributed by atoms with Gasteiger partial charge in [0, 0.05) is 6.54 Å². The Hall–Kier alpha value is -2.39. The summed E-state index contributed by atoms with van der Waals surface area (Å²) < 4.78 is 58.0. The molecule has 2 aromatic carbocycles. The van der Waals surface area contributed by atoms with Crippen molar-refractivity contribution in [3.8, 4) is 5.75 Å². The van der Waals surface area contributed by atoms with Gasteiger partial charge in [0.25, 0.3) is 5.91 Å². The molecule has 148 valence electrons. The van der Waals surface area contributed by atoms with Gasteiger partial charge in [-0.3, -0.25) is 9.69 Å². The maximum Gasteiger partial charge on any atom is 0.416 e. The number of anilines is 1. The molecule has 1 saturated heterocycles. The van der Waals surface area contributed by atoms with Crippen molar-refractivity contribution >= 4 is 40.5 Å². The van der Waals surface area contributed by atoms with Crippen molar-refractivity contribution in [2.24, 2.45) is 0 Å². The summed E-state index contributed by atoms with van der Waals surface area (Å²) in [6.07, 6.45) is -4.73. The highest BCUT2D eigenvalue weighted by Crippen LogP contribution is 2.35. The molecule has 10 heteroatoms. The number of amides is 1. The van der Waals surface area contributed by atoms with Crippen LogP contribution in [-0.4, -0.2) is 29.6 Å². The van der Waals surface area contributed by atoms with Crippen molar-refractivity contribution < 1.29 is 27.1 Å². The molecule has 1 aliphatic heterocycles. The van der Waals surface area contributed by atoms with Gasteiger partial charge in [0.1, 0.15) is 18.1 Å². The van der Waals surface area contributed by atoms with Gasteiger partial charge in [-0.05, 0) is 48.1 Å². The zero-order valence-corrected chi connectivity index (χ0v) is 16.0. The van der Waals surface area contributed by atoms with Crippen LogP contribution in [-0.2, 0) is 17.5 Å². The van der Waals surface area contributed by atoms with E-state index in [9.17, 15) is 22.4 Å². The van der Waals surface area contributed by atoms with Crippen LogP contribution in [0.2, 0.25) is 5.02 Å². The first-order valence-electron chi connectivity index (χ1n) is 7.93. The summed E-state index contributed by atoms with van der Waals surface area (Å²) in [4.78, 5) is 14.9. The zero-order chi connectivity index (χ0) is 20.6. The first-order chi connectivity index (χ1) is 13.1. The van der Waals surface area contributed by atoms with Gasteiger partial charge in [-0.15, -0.1) is 0 Å². The molecule has 1 amide bonds. The zero-order valence-electron chi connectivity index (χ0n) is 14.4. The van der Waals surface area contributed by atoms with E-state index in [0.717, 1.165) is 12.1 Å². The molecule has 0 saturated carbocycles. The van der Waals surface area contributed by atoms with Crippen LogP contribution in [0.15, 0.2) is 36.4 Å². The third-order valence-electron chi connectivity index (χ3n) is 4.17. The SMILES string of the molecule is COc1ccc(N2C(=O)CN(Cc3ccc(F)cc3C(F)(F)F)C2=S)cc1Cl. The highest BCUT2D eigenvalue weighted by atomic mass is 35.5. The minimum absolute atomic E-state index is 0.0312. The summed E-state index contributed by atoms with van der Waals surface area (Å²) in [5.41, 5.74) is -0.911. The number of alkyl halides is 3. The van der Waals surface area contributed by atoms with E-state index in [1.165, 1.54) is 23.0 Å². The Kier molecular flexibility index (Phi) is 5.49. The minimum atomic E-state index is -4.73. The van der Waals surface area contributed by atoms with E-state index in [1.807, 2.05) is 0 Å². The van der Waals surface area contributed by atoms with Crippen molar-refractivity contribution in [3.05, 3.63) is 58.4 Å². The maximum absolute atomic E-state index is 13.3. The fourth-order valence-corrected chi connectivity index (χ4v) is 3.47. The van der Waals surface area contributed by atoms with E-state index >= 15 is 0 Å². The van der Waals surface area contributed by atoms with Crippen LogP contribution in [0, 0.1) is 5.82 Å². The molecule has 0 atom stereocenters. The number of halogens is 5. The lowest BCUT2D eigenvalue weighted by molar-refractivity contribution is -0.138. The lowest BCUT2D eigenvalue weighted by atomic mass is 10.1. The Balaban J connectivity index is 1.88. The lowest BCUT2D eigenvalue weighted by Gasteiger charge is -2.22.